The summed E-state index contributed by atoms with van der Waals surface area (Å²) in [6.45, 7) is 3.11. The van der Waals surface area contributed by atoms with Crippen molar-refractivity contribution in [3.8, 4) is 0 Å². The molecule has 0 rings (SSSR count). The van der Waals surface area contributed by atoms with Gasteiger partial charge in [0.2, 0.25) is 0 Å². The second kappa shape index (κ2) is 9.19. The number of carbonyl (C=O) groups excluding carboxylic acids is 2. The minimum atomic E-state index is -0.833. The van der Waals surface area contributed by atoms with Crippen molar-refractivity contribution < 1.29 is 9.59 Å². The molecule has 0 aliphatic carbocycles. The third-order valence-electron chi connectivity index (χ3n) is 0.0962. The molecular formula is C4H8N2O2. The van der Waals surface area contributed by atoms with Crippen molar-refractivity contribution in [2.45, 2.75) is 0 Å². The van der Waals surface area contributed by atoms with Gasteiger partial charge >= 0.3 is 6.03 Å². The van der Waals surface area contributed by atoms with E-state index in [4.69, 9.17) is 9.59 Å². The highest BCUT2D eigenvalue weighted by Crippen LogP contribution is 1.35. The number of urea groups is 1. The summed E-state index contributed by atoms with van der Waals surface area (Å²) in [5.41, 5.74) is 8.50. The molecule has 0 saturated heterocycles. The molecule has 0 aromatic heterocycles. The molecule has 2 amide bonds. The number of carbonyl (C=O) groups is 2. The van der Waals surface area contributed by atoms with E-state index in [0.29, 0.717) is 6.29 Å². The minimum absolute atomic E-state index is 0.639. The molecule has 0 aromatic carbocycles. The molecule has 4 heteroatoms. The fourth-order valence-electron chi connectivity index (χ4n) is 0. The second-order valence-electron chi connectivity index (χ2n) is 0.774. The van der Waals surface area contributed by atoms with Gasteiger partial charge in [-0.15, -0.1) is 0 Å². The predicted molar refractivity (Wildman–Crippen MR) is 30.0 cm³/mol. The van der Waals surface area contributed by atoms with Crippen molar-refractivity contribution in [2.24, 2.45) is 11.5 Å². The van der Waals surface area contributed by atoms with Crippen molar-refractivity contribution in [1.29, 1.82) is 0 Å². The zero-order valence-corrected chi connectivity index (χ0v) is 4.33. The predicted octanol–water partition coefficient (Wildman–Crippen LogP) is -0.605. The quantitative estimate of drug-likeness (QED) is 0.354. The van der Waals surface area contributed by atoms with Crippen LogP contribution < -0.4 is 11.5 Å². The first kappa shape index (κ1) is 9.84. The first-order chi connectivity index (χ1) is 3.65. The number of aldehydes is 1. The topological polar surface area (TPSA) is 86.2 Å². The van der Waals surface area contributed by atoms with Gasteiger partial charge < -0.3 is 11.5 Å². The van der Waals surface area contributed by atoms with Crippen LogP contribution in [0.4, 0.5) is 4.79 Å². The molecule has 4 N–H and O–H groups in total. The van der Waals surface area contributed by atoms with Crippen LogP contribution >= 0.6 is 0 Å². The molecule has 0 atom stereocenters. The summed E-state index contributed by atoms with van der Waals surface area (Å²) in [5, 5.41) is 0. The molecule has 0 aromatic rings. The lowest BCUT2D eigenvalue weighted by molar-refractivity contribution is -0.104. The average Bonchev–Trinajstić information content (AvgIpc) is 1.65. The van der Waals surface area contributed by atoms with Gasteiger partial charge in [-0.1, -0.05) is 6.58 Å². The van der Waals surface area contributed by atoms with Gasteiger partial charge in [0, 0.05) is 0 Å². The fourth-order valence-corrected chi connectivity index (χ4v) is 0. The molecule has 0 heterocycles. The molecule has 0 aliphatic rings. The van der Waals surface area contributed by atoms with E-state index in [0.717, 1.165) is 0 Å². The van der Waals surface area contributed by atoms with Gasteiger partial charge in [-0.05, 0) is 6.08 Å². The largest absolute Gasteiger partial charge is 0.352 e. The maximum Gasteiger partial charge on any atom is 0.309 e. The van der Waals surface area contributed by atoms with Gasteiger partial charge in [-0.25, -0.2) is 4.79 Å². The normalized spacial score (nSPS) is 5.50. The summed E-state index contributed by atoms with van der Waals surface area (Å²) in [5.74, 6) is 0. The maximum atomic E-state index is 9.06. The smallest absolute Gasteiger partial charge is 0.309 e. The Balaban J connectivity index is 0. The van der Waals surface area contributed by atoms with Crippen LogP contribution in [0.25, 0.3) is 0 Å². The van der Waals surface area contributed by atoms with Gasteiger partial charge in [0.1, 0.15) is 6.29 Å². The number of primary amides is 2. The van der Waals surface area contributed by atoms with Crippen LogP contribution in [-0.4, -0.2) is 12.3 Å². The minimum Gasteiger partial charge on any atom is -0.352 e. The van der Waals surface area contributed by atoms with Crippen LogP contribution in [0.5, 0.6) is 0 Å². The second-order valence-corrected chi connectivity index (χ2v) is 0.774. The average molecular weight is 116 g/mol. The third-order valence-corrected chi connectivity index (χ3v) is 0.0962. The highest BCUT2D eigenvalue weighted by molar-refractivity contribution is 5.69. The Morgan fingerprint density at radius 2 is 1.62 bits per heavy atom. The van der Waals surface area contributed by atoms with E-state index in [1.54, 1.807) is 0 Å². The molecule has 0 spiro atoms. The highest BCUT2D eigenvalue weighted by Gasteiger charge is 1.60. The molecule has 0 aliphatic heterocycles. The standard InChI is InChI=1S/C3H4O.CH4N2O/c1-2-3-4;2-1(3)4/h2-3H,1H2;(H4,2,3,4). The highest BCUT2D eigenvalue weighted by atomic mass is 16.2. The summed E-state index contributed by atoms with van der Waals surface area (Å²) in [6, 6.07) is -0.833. The Labute approximate surface area is 47.2 Å². The van der Waals surface area contributed by atoms with E-state index in [1.165, 1.54) is 6.08 Å². The van der Waals surface area contributed by atoms with Crippen molar-refractivity contribution in [3.05, 3.63) is 12.7 Å². The zero-order valence-electron chi connectivity index (χ0n) is 4.33. The Morgan fingerprint density at radius 1 is 1.50 bits per heavy atom. The van der Waals surface area contributed by atoms with Crippen LogP contribution in [-0.2, 0) is 4.79 Å². The van der Waals surface area contributed by atoms with Crippen LogP contribution in [0.15, 0.2) is 12.7 Å². The molecule has 4 nitrogen and oxygen atoms in total. The monoisotopic (exact) mass is 116 g/mol. The molecule has 46 valence electrons. The number of nitrogens with two attached hydrogens (primary N) is 2. The SMILES string of the molecule is C=CC=O.NC(N)=O. The Hall–Kier alpha value is -1.32. The van der Waals surface area contributed by atoms with Crippen molar-refractivity contribution >= 4 is 12.3 Å². The molecule has 0 unspecified atom stereocenters. The van der Waals surface area contributed by atoms with Crippen molar-refractivity contribution in [1.82, 2.24) is 0 Å². The van der Waals surface area contributed by atoms with Crippen LogP contribution in [0.1, 0.15) is 0 Å². The number of allylic oxidation sites excluding steroid dienone is 1. The van der Waals surface area contributed by atoms with E-state index in [1.807, 2.05) is 0 Å². The number of hydrogen-bond acceptors (Lipinski definition) is 2. The van der Waals surface area contributed by atoms with Crippen LogP contribution in [0.3, 0.4) is 0 Å². The van der Waals surface area contributed by atoms with Gasteiger partial charge in [0.15, 0.2) is 0 Å². The summed E-state index contributed by atoms with van der Waals surface area (Å²) in [6.07, 6.45) is 1.83. The molecule has 0 radical (unpaired) electrons. The lowest BCUT2D eigenvalue weighted by Gasteiger charge is -1.62. The Kier molecular flexibility index (Phi) is 11.3. The lowest BCUT2D eigenvalue weighted by Crippen LogP contribution is -2.18. The zero-order chi connectivity index (χ0) is 6.99. The van der Waals surface area contributed by atoms with E-state index < -0.39 is 6.03 Å². The van der Waals surface area contributed by atoms with Crippen molar-refractivity contribution in [3.63, 3.8) is 0 Å². The lowest BCUT2D eigenvalue weighted by atomic mass is 10.8. The van der Waals surface area contributed by atoms with Crippen molar-refractivity contribution in [2.75, 3.05) is 0 Å². The van der Waals surface area contributed by atoms with E-state index >= 15 is 0 Å². The van der Waals surface area contributed by atoms with Crippen LogP contribution in [0, 0.1) is 0 Å². The first-order valence-corrected chi connectivity index (χ1v) is 1.76. The van der Waals surface area contributed by atoms with Gasteiger partial charge in [0.05, 0.1) is 0 Å². The molecule has 0 bridgehead atoms. The molecular weight excluding hydrogens is 108 g/mol. The van der Waals surface area contributed by atoms with E-state index in [-0.39, 0.29) is 0 Å². The molecule has 0 saturated carbocycles. The first-order valence-electron chi connectivity index (χ1n) is 1.76. The summed E-state index contributed by atoms with van der Waals surface area (Å²) in [4.78, 5) is 18.1. The summed E-state index contributed by atoms with van der Waals surface area (Å²) < 4.78 is 0. The maximum absolute atomic E-state index is 9.06. The molecule has 8 heavy (non-hydrogen) atoms. The van der Waals surface area contributed by atoms with Crippen LogP contribution in [0.2, 0.25) is 0 Å². The van der Waals surface area contributed by atoms with Gasteiger partial charge in [0.25, 0.3) is 0 Å². The third kappa shape index (κ3) is 619. The van der Waals surface area contributed by atoms with E-state index in [2.05, 4.69) is 18.0 Å². The summed E-state index contributed by atoms with van der Waals surface area (Å²) >= 11 is 0. The number of amides is 2. The molecule has 0 fully saturated rings. The fraction of sp³-hybridized carbons (Fsp3) is 0. The number of hydrogen-bond donors (Lipinski definition) is 2. The van der Waals surface area contributed by atoms with Gasteiger partial charge in [-0.2, -0.15) is 0 Å². The van der Waals surface area contributed by atoms with E-state index in [9.17, 15) is 0 Å². The number of rotatable bonds is 1. The summed E-state index contributed by atoms with van der Waals surface area (Å²) in [7, 11) is 0. The Bertz CT molecular complexity index is 80.0. The van der Waals surface area contributed by atoms with Gasteiger partial charge in [-0.3, -0.25) is 4.79 Å². The Morgan fingerprint density at radius 3 is 1.62 bits per heavy atom.